The molecule has 0 bridgehead atoms. The Hall–Kier alpha value is -0.590. The first kappa shape index (κ1) is 15.5. The summed E-state index contributed by atoms with van der Waals surface area (Å²) in [5, 5.41) is 12.5. The smallest absolute Gasteiger partial charge is 0.284 e. The second kappa shape index (κ2) is 8.50. The molecule has 0 aromatic carbocycles. The predicted molar refractivity (Wildman–Crippen MR) is 68.6 cm³/mol. The van der Waals surface area contributed by atoms with Gasteiger partial charge in [-0.15, -0.1) is 0 Å². The van der Waals surface area contributed by atoms with Crippen LogP contribution in [-0.2, 0) is 12.3 Å². The number of rotatable bonds is 9. The maximum Gasteiger partial charge on any atom is 0.284 e. The maximum atomic E-state index is 12.0. The highest BCUT2D eigenvalue weighted by Gasteiger charge is 2.07. The van der Waals surface area contributed by atoms with Crippen molar-refractivity contribution in [2.45, 2.75) is 43.9 Å². The molecule has 0 amide bonds. The van der Waals surface area contributed by atoms with Crippen molar-refractivity contribution in [1.82, 2.24) is 5.32 Å². The van der Waals surface area contributed by atoms with E-state index in [-0.39, 0.29) is 11.9 Å². The Bertz CT molecular complexity index is 334. The lowest BCUT2D eigenvalue weighted by Crippen LogP contribution is -2.19. The monoisotopic (exact) mass is 279 g/mol. The van der Waals surface area contributed by atoms with Gasteiger partial charge in [0, 0.05) is 0 Å². The molecular formula is C12H19F2NO2S. The van der Waals surface area contributed by atoms with Crippen LogP contribution in [0, 0.1) is 0 Å². The number of aliphatic hydroxyl groups excluding tert-OH is 1. The minimum atomic E-state index is -2.37. The Morgan fingerprint density at radius 1 is 1.39 bits per heavy atom. The molecule has 0 aliphatic heterocycles. The lowest BCUT2D eigenvalue weighted by molar-refractivity contribution is 0.159. The number of halogens is 2. The van der Waals surface area contributed by atoms with Gasteiger partial charge in [-0.1, -0.05) is 18.7 Å². The molecule has 0 aliphatic rings. The Morgan fingerprint density at radius 3 is 2.78 bits per heavy atom. The summed E-state index contributed by atoms with van der Waals surface area (Å²) in [6, 6.07) is 3.50. The van der Waals surface area contributed by atoms with Gasteiger partial charge in [-0.2, -0.15) is 8.78 Å². The number of aliphatic hydroxyl groups is 1. The number of nitrogens with one attached hydrogen (secondary N) is 1. The van der Waals surface area contributed by atoms with Crippen LogP contribution in [0.3, 0.4) is 0 Å². The first-order chi connectivity index (χ1) is 8.61. The van der Waals surface area contributed by atoms with Crippen LogP contribution in [0.25, 0.3) is 0 Å². The minimum absolute atomic E-state index is 0.187. The van der Waals surface area contributed by atoms with Crippen molar-refractivity contribution < 1.29 is 18.3 Å². The molecule has 18 heavy (non-hydrogen) atoms. The zero-order chi connectivity index (χ0) is 13.4. The third kappa shape index (κ3) is 6.37. The lowest BCUT2D eigenvalue weighted by Gasteiger charge is -2.07. The zero-order valence-corrected chi connectivity index (χ0v) is 11.2. The first-order valence-electron chi connectivity index (χ1n) is 5.98. The molecule has 0 aliphatic carbocycles. The molecule has 2 N–H and O–H groups in total. The van der Waals surface area contributed by atoms with Crippen molar-refractivity contribution in [1.29, 1.82) is 0 Å². The van der Waals surface area contributed by atoms with Gasteiger partial charge in [-0.3, -0.25) is 0 Å². The summed E-state index contributed by atoms with van der Waals surface area (Å²) in [5.74, 6) is -0.893. The van der Waals surface area contributed by atoms with Crippen LogP contribution in [0.15, 0.2) is 16.5 Å². The molecule has 0 spiro atoms. The van der Waals surface area contributed by atoms with E-state index in [1.807, 2.05) is 6.92 Å². The number of hydrogen-bond donors (Lipinski definition) is 2. The van der Waals surface area contributed by atoms with Gasteiger partial charge < -0.3 is 14.8 Å². The third-order valence-electron chi connectivity index (χ3n) is 2.49. The number of furan rings is 1. The van der Waals surface area contributed by atoms with Crippen LogP contribution in [0.2, 0.25) is 0 Å². The largest absolute Gasteiger partial charge is 0.464 e. The summed E-state index contributed by atoms with van der Waals surface area (Å²) in [6.07, 6.45) is 1.18. The van der Waals surface area contributed by atoms with Crippen molar-refractivity contribution in [2.75, 3.05) is 6.54 Å². The average Bonchev–Trinajstić information content (AvgIpc) is 2.79. The highest BCUT2D eigenvalue weighted by Crippen LogP contribution is 2.21. The van der Waals surface area contributed by atoms with Gasteiger partial charge in [-0.05, 0) is 31.5 Å². The average molecular weight is 279 g/mol. The van der Waals surface area contributed by atoms with Gasteiger partial charge in [0.1, 0.15) is 11.5 Å². The van der Waals surface area contributed by atoms with E-state index in [2.05, 4.69) is 5.32 Å². The van der Waals surface area contributed by atoms with Gasteiger partial charge in [-0.25, -0.2) is 0 Å². The van der Waals surface area contributed by atoms with E-state index >= 15 is 0 Å². The second-order valence-electron chi connectivity index (χ2n) is 3.97. The van der Waals surface area contributed by atoms with E-state index in [4.69, 9.17) is 4.42 Å². The summed E-state index contributed by atoms with van der Waals surface area (Å²) in [7, 11) is 0. The minimum Gasteiger partial charge on any atom is -0.464 e. The van der Waals surface area contributed by atoms with Crippen LogP contribution in [0.4, 0.5) is 8.78 Å². The van der Waals surface area contributed by atoms with Crippen LogP contribution < -0.4 is 5.32 Å². The van der Waals surface area contributed by atoms with Gasteiger partial charge in [0.25, 0.3) is 5.76 Å². The fourth-order valence-electron chi connectivity index (χ4n) is 1.42. The maximum absolute atomic E-state index is 12.0. The van der Waals surface area contributed by atoms with Gasteiger partial charge in [0.15, 0.2) is 0 Å². The molecular weight excluding hydrogens is 260 g/mol. The first-order valence-corrected chi connectivity index (χ1v) is 7.02. The molecule has 3 nitrogen and oxygen atoms in total. The quantitative estimate of drug-likeness (QED) is 0.682. The lowest BCUT2D eigenvalue weighted by atomic mass is 10.2. The predicted octanol–water partition coefficient (Wildman–Crippen LogP) is 2.99. The molecule has 1 unspecified atom stereocenters. The van der Waals surface area contributed by atoms with E-state index in [1.54, 1.807) is 12.1 Å². The summed E-state index contributed by atoms with van der Waals surface area (Å²) in [5.41, 5.74) is 0. The van der Waals surface area contributed by atoms with E-state index in [0.29, 0.717) is 37.0 Å². The van der Waals surface area contributed by atoms with Crippen molar-refractivity contribution >= 4 is 11.8 Å². The van der Waals surface area contributed by atoms with Crippen molar-refractivity contribution in [3.8, 4) is 0 Å². The standard InChI is InChI=1S/C12H19F2NO2S/c1-2-9(16)5-6-15-7-10-3-4-11(17-10)8-18-12(13)14/h3-4,9,12,15-16H,2,5-8H2,1H3. The van der Waals surface area contributed by atoms with Crippen molar-refractivity contribution in [3.05, 3.63) is 23.7 Å². The van der Waals surface area contributed by atoms with Gasteiger partial charge >= 0.3 is 0 Å². The van der Waals surface area contributed by atoms with Crippen molar-refractivity contribution in [3.63, 3.8) is 0 Å². The van der Waals surface area contributed by atoms with Gasteiger partial charge in [0.05, 0.1) is 18.4 Å². The molecule has 0 radical (unpaired) electrons. The SMILES string of the molecule is CCC(O)CCNCc1ccc(CSC(F)F)o1. The number of thioether (sulfide) groups is 1. The van der Waals surface area contributed by atoms with E-state index in [0.717, 1.165) is 12.2 Å². The van der Waals surface area contributed by atoms with E-state index < -0.39 is 5.76 Å². The zero-order valence-electron chi connectivity index (χ0n) is 10.4. The fraction of sp³-hybridized carbons (Fsp3) is 0.667. The number of hydrogen-bond acceptors (Lipinski definition) is 4. The molecule has 6 heteroatoms. The summed E-state index contributed by atoms with van der Waals surface area (Å²) in [4.78, 5) is 0. The topological polar surface area (TPSA) is 45.4 Å². The van der Waals surface area contributed by atoms with Gasteiger partial charge in [0.2, 0.25) is 0 Å². The molecule has 1 rings (SSSR count). The summed E-state index contributed by atoms with van der Waals surface area (Å²) >= 11 is 0.552. The molecule has 1 aromatic rings. The van der Waals surface area contributed by atoms with E-state index in [1.165, 1.54) is 0 Å². The summed E-state index contributed by atoms with van der Waals surface area (Å²) in [6.45, 7) is 3.19. The van der Waals surface area contributed by atoms with Crippen LogP contribution >= 0.6 is 11.8 Å². The number of alkyl halides is 2. The third-order valence-corrected chi connectivity index (χ3v) is 3.20. The normalized spacial score (nSPS) is 13.2. The molecule has 0 saturated carbocycles. The molecule has 1 heterocycles. The van der Waals surface area contributed by atoms with Crippen molar-refractivity contribution in [2.24, 2.45) is 0 Å². The van der Waals surface area contributed by atoms with E-state index in [9.17, 15) is 13.9 Å². The Balaban J connectivity index is 2.19. The Kier molecular flexibility index (Phi) is 7.31. The Labute approximate surface area is 110 Å². The van der Waals surface area contributed by atoms with Crippen LogP contribution in [-0.4, -0.2) is 23.5 Å². The van der Waals surface area contributed by atoms with Crippen LogP contribution in [0.1, 0.15) is 31.3 Å². The summed E-state index contributed by atoms with van der Waals surface area (Å²) < 4.78 is 29.3. The Morgan fingerprint density at radius 2 is 2.11 bits per heavy atom. The molecule has 0 fully saturated rings. The second-order valence-corrected chi connectivity index (χ2v) is 4.95. The van der Waals surface area contributed by atoms with Crippen LogP contribution in [0.5, 0.6) is 0 Å². The fourth-order valence-corrected chi connectivity index (χ4v) is 1.87. The highest BCUT2D eigenvalue weighted by atomic mass is 32.2. The molecule has 104 valence electrons. The molecule has 1 aromatic heterocycles. The molecule has 1 atom stereocenters. The molecule has 0 saturated heterocycles. The highest BCUT2D eigenvalue weighted by molar-refractivity contribution is 7.98.